The van der Waals surface area contributed by atoms with Gasteiger partial charge in [0.25, 0.3) is 11.7 Å². The molecule has 94 valence electrons. The molecule has 0 aliphatic carbocycles. The molecule has 0 unspecified atom stereocenters. The summed E-state index contributed by atoms with van der Waals surface area (Å²) in [6.45, 7) is 0. The van der Waals surface area contributed by atoms with Crippen LogP contribution in [0.1, 0.15) is 20.0 Å². The first-order valence-electron chi connectivity index (χ1n) is 5.39. The second-order valence-electron chi connectivity index (χ2n) is 4.01. The number of carboxylic acid groups (broad SMARTS) is 1. The van der Waals surface area contributed by atoms with Crippen LogP contribution in [-0.2, 0) is 4.79 Å². The van der Waals surface area contributed by atoms with Gasteiger partial charge in [-0.25, -0.2) is 4.79 Å². The summed E-state index contributed by atoms with van der Waals surface area (Å²) in [4.78, 5) is 34.6. The third-order valence-electron chi connectivity index (χ3n) is 2.82. The van der Waals surface area contributed by atoms with Crippen molar-refractivity contribution >= 4 is 34.7 Å². The summed E-state index contributed by atoms with van der Waals surface area (Å²) in [6.07, 6.45) is 0. The number of carboxylic acids is 1. The average molecular weight is 273 g/mol. The van der Waals surface area contributed by atoms with Gasteiger partial charge in [-0.3, -0.25) is 9.59 Å². The fourth-order valence-corrected chi connectivity index (χ4v) is 2.74. The topological polar surface area (TPSA) is 83.5 Å². The van der Waals surface area contributed by atoms with Crippen LogP contribution >= 0.6 is 11.3 Å². The Hall–Kier alpha value is -2.47. The monoisotopic (exact) mass is 273 g/mol. The summed E-state index contributed by atoms with van der Waals surface area (Å²) in [7, 11) is 0. The molecule has 1 aromatic heterocycles. The van der Waals surface area contributed by atoms with Gasteiger partial charge in [-0.05, 0) is 29.8 Å². The van der Waals surface area contributed by atoms with E-state index in [4.69, 9.17) is 5.11 Å². The van der Waals surface area contributed by atoms with Crippen LogP contribution in [0, 0.1) is 0 Å². The summed E-state index contributed by atoms with van der Waals surface area (Å²) in [5, 5.41) is 11.3. The maximum Gasteiger partial charge on any atom is 0.345 e. The van der Waals surface area contributed by atoms with Crippen molar-refractivity contribution in [3.63, 3.8) is 0 Å². The third kappa shape index (κ3) is 1.82. The lowest BCUT2D eigenvalue weighted by Gasteiger charge is -2.00. The molecule has 0 fully saturated rings. The number of benzene rings is 1. The van der Waals surface area contributed by atoms with Crippen LogP contribution in [0.5, 0.6) is 0 Å². The lowest BCUT2D eigenvalue weighted by atomic mass is 10.1. The molecular formula is C13H7NO4S. The quantitative estimate of drug-likeness (QED) is 0.822. The number of anilines is 1. The van der Waals surface area contributed by atoms with Gasteiger partial charge in [0.2, 0.25) is 0 Å². The number of amides is 1. The van der Waals surface area contributed by atoms with E-state index in [9.17, 15) is 14.4 Å². The predicted octanol–water partition coefficient (Wildman–Crippen LogP) is 2.25. The number of carbonyl (C=O) groups is 3. The standard InChI is InChI=1S/C13H7NO4S/c15-11-7-5-6(1-2-8(7)14-12(11)16)9-3-4-10(19-9)13(17)18/h1-5H,(H,17,18)(H,14,15,16). The first-order valence-corrected chi connectivity index (χ1v) is 6.21. The maximum atomic E-state index is 11.6. The Morgan fingerprint density at radius 2 is 1.95 bits per heavy atom. The number of ketones is 1. The number of aromatic carboxylic acids is 1. The van der Waals surface area contributed by atoms with Gasteiger partial charge in [-0.1, -0.05) is 6.07 Å². The molecule has 19 heavy (non-hydrogen) atoms. The van der Waals surface area contributed by atoms with Crippen LogP contribution in [0.4, 0.5) is 5.69 Å². The second-order valence-corrected chi connectivity index (χ2v) is 5.10. The van der Waals surface area contributed by atoms with Crippen LogP contribution in [0.3, 0.4) is 0 Å². The van der Waals surface area contributed by atoms with E-state index in [1.807, 2.05) is 0 Å². The van der Waals surface area contributed by atoms with Crippen molar-refractivity contribution in [2.45, 2.75) is 0 Å². The Balaban J connectivity index is 2.05. The molecule has 2 aromatic rings. The molecule has 2 heterocycles. The molecule has 0 spiro atoms. The highest BCUT2D eigenvalue weighted by Gasteiger charge is 2.28. The van der Waals surface area contributed by atoms with Gasteiger partial charge in [-0.15, -0.1) is 11.3 Å². The molecule has 1 aliphatic rings. The molecule has 2 N–H and O–H groups in total. The van der Waals surface area contributed by atoms with Gasteiger partial charge in [0.1, 0.15) is 4.88 Å². The van der Waals surface area contributed by atoms with Crippen LogP contribution < -0.4 is 5.32 Å². The number of fused-ring (bicyclic) bond motifs is 1. The van der Waals surface area contributed by atoms with Gasteiger partial charge in [0.15, 0.2) is 0 Å². The molecule has 3 rings (SSSR count). The van der Waals surface area contributed by atoms with E-state index in [0.717, 1.165) is 21.8 Å². The minimum atomic E-state index is -0.981. The zero-order valence-electron chi connectivity index (χ0n) is 9.47. The third-order valence-corrected chi connectivity index (χ3v) is 3.94. The average Bonchev–Trinajstić information content (AvgIpc) is 2.96. The second kappa shape index (κ2) is 4.03. The molecule has 0 radical (unpaired) electrons. The number of nitrogens with one attached hydrogen (secondary N) is 1. The zero-order chi connectivity index (χ0) is 13.6. The number of Topliss-reactive ketones (excluding diaryl/α,β-unsaturated/α-hetero) is 1. The molecule has 6 heteroatoms. The Morgan fingerprint density at radius 1 is 1.16 bits per heavy atom. The Kier molecular flexibility index (Phi) is 2.46. The van der Waals surface area contributed by atoms with E-state index < -0.39 is 17.7 Å². The number of rotatable bonds is 2. The van der Waals surface area contributed by atoms with Crippen molar-refractivity contribution < 1.29 is 19.5 Å². The van der Waals surface area contributed by atoms with E-state index in [0.29, 0.717) is 11.3 Å². The number of thiophene rings is 1. The fourth-order valence-electron chi connectivity index (χ4n) is 1.90. The van der Waals surface area contributed by atoms with Crippen LogP contribution in [0.25, 0.3) is 10.4 Å². The van der Waals surface area contributed by atoms with Crippen molar-refractivity contribution in [2.24, 2.45) is 0 Å². The van der Waals surface area contributed by atoms with E-state index in [1.165, 1.54) is 6.07 Å². The van der Waals surface area contributed by atoms with Crippen LogP contribution in [0.15, 0.2) is 30.3 Å². The van der Waals surface area contributed by atoms with Crippen molar-refractivity contribution in [2.75, 3.05) is 5.32 Å². The largest absolute Gasteiger partial charge is 0.477 e. The molecule has 1 aliphatic heterocycles. The van der Waals surface area contributed by atoms with Gasteiger partial charge in [0.05, 0.1) is 11.3 Å². The number of carbonyl (C=O) groups excluding carboxylic acids is 2. The smallest absolute Gasteiger partial charge is 0.345 e. The van der Waals surface area contributed by atoms with E-state index in [-0.39, 0.29) is 4.88 Å². The minimum absolute atomic E-state index is 0.232. The van der Waals surface area contributed by atoms with Crippen molar-refractivity contribution in [1.82, 2.24) is 0 Å². The van der Waals surface area contributed by atoms with Crippen LogP contribution in [0.2, 0.25) is 0 Å². The lowest BCUT2D eigenvalue weighted by molar-refractivity contribution is -0.112. The molecule has 1 aromatic carbocycles. The first kappa shape index (κ1) is 11.6. The molecule has 1 amide bonds. The lowest BCUT2D eigenvalue weighted by Crippen LogP contribution is -2.12. The first-order chi connectivity index (χ1) is 9.06. The highest BCUT2D eigenvalue weighted by atomic mass is 32.1. The Bertz CT molecular complexity index is 732. The molecule has 0 bridgehead atoms. The normalized spacial score (nSPS) is 13.3. The Labute approximate surface area is 111 Å². The van der Waals surface area contributed by atoms with Crippen molar-refractivity contribution in [1.29, 1.82) is 0 Å². The summed E-state index contributed by atoms with van der Waals surface area (Å²) < 4.78 is 0. The summed E-state index contributed by atoms with van der Waals surface area (Å²) in [5.74, 6) is -2.18. The maximum absolute atomic E-state index is 11.6. The molecule has 0 atom stereocenters. The van der Waals surface area contributed by atoms with Gasteiger partial charge in [-0.2, -0.15) is 0 Å². The van der Waals surface area contributed by atoms with Gasteiger partial charge in [0, 0.05) is 4.88 Å². The molecule has 0 saturated heterocycles. The highest BCUT2D eigenvalue weighted by Crippen LogP contribution is 2.32. The number of hydrogen-bond acceptors (Lipinski definition) is 4. The van der Waals surface area contributed by atoms with Gasteiger partial charge < -0.3 is 10.4 Å². The van der Waals surface area contributed by atoms with Crippen LogP contribution in [-0.4, -0.2) is 22.8 Å². The van der Waals surface area contributed by atoms with Crippen molar-refractivity contribution in [3.05, 3.63) is 40.8 Å². The molecule has 0 saturated carbocycles. The summed E-state index contributed by atoms with van der Waals surface area (Å²) >= 11 is 1.13. The zero-order valence-corrected chi connectivity index (χ0v) is 10.3. The minimum Gasteiger partial charge on any atom is -0.477 e. The summed E-state index contributed by atoms with van der Waals surface area (Å²) in [5.41, 5.74) is 1.54. The highest BCUT2D eigenvalue weighted by molar-refractivity contribution is 7.17. The fraction of sp³-hybridized carbons (Fsp3) is 0. The Morgan fingerprint density at radius 3 is 2.63 bits per heavy atom. The van der Waals surface area contributed by atoms with E-state index >= 15 is 0 Å². The van der Waals surface area contributed by atoms with Gasteiger partial charge >= 0.3 is 5.97 Å². The van der Waals surface area contributed by atoms with Crippen molar-refractivity contribution in [3.8, 4) is 10.4 Å². The summed E-state index contributed by atoms with van der Waals surface area (Å²) in [6, 6.07) is 8.20. The molecule has 5 nitrogen and oxygen atoms in total. The number of hydrogen-bond donors (Lipinski definition) is 2. The SMILES string of the molecule is O=C1Nc2ccc(-c3ccc(C(=O)O)s3)cc2C1=O. The van der Waals surface area contributed by atoms with E-state index in [1.54, 1.807) is 24.3 Å². The van der Waals surface area contributed by atoms with E-state index in [2.05, 4.69) is 5.32 Å². The predicted molar refractivity (Wildman–Crippen MR) is 69.7 cm³/mol. The molecular weight excluding hydrogens is 266 g/mol.